The minimum atomic E-state index is -1.16. The van der Waals surface area contributed by atoms with Gasteiger partial charge in [0, 0.05) is 6.42 Å². The molecule has 2 N–H and O–H groups in total. The van der Waals surface area contributed by atoms with Crippen LogP contribution in [0.4, 0.5) is 0 Å². The van der Waals surface area contributed by atoms with E-state index in [1.54, 1.807) is 0 Å². The molecule has 0 spiro atoms. The van der Waals surface area contributed by atoms with Crippen LogP contribution in [0.25, 0.3) is 21.5 Å². The second-order valence-corrected chi connectivity index (χ2v) is 7.73. The lowest BCUT2D eigenvalue weighted by molar-refractivity contribution is -0.146. The number of ether oxygens (including phenoxy) is 1. The molecule has 0 fully saturated rings. The number of hydrogen-bond acceptors (Lipinski definition) is 4. The number of hydrogen-bond donors (Lipinski definition) is 2. The molecule has 0 saturated heterocycles. The van der Waals surface area contributed by atoms with Gasteiger partial charge < -0.3 is 15.2 Å². The van der Waals surface area contributed by atoms with Gasteiger partial charge in [-0.2, -0.15) is 0 Å². The lowest BCUT2D eigenvalue weighted by Gasteiger charge is -2.21. The largest absolute Gasteiger partial charge is 0.467 e. The monoisotopic (exact) mass is 393 g/mol. The first kappa shape index (κ1) is 20.8. The first-order valence-electron chi connectivity index (χ1n) is 9.86. The molecule has 0 bridgehead atoms. The molecule has 29 heavy (non-hydrogen) atoms. The zero-order chi connectivity index (χ0) is 21.0. The van der Waals surface area contributed by atoms with Gasteiger partial charge in [-0.1, -0.05) is 62.4 Å². The number of methoxy groups -OCH3 is 1. The van der Waals surface area contributed by atoms with Gasteiger partial charge in [0.15, 0.2) is 0 Å². The van der Waals surface area contributed by atoms with E-state index < -0.39 is 24.0 Å². The number of aliphatic hydroxyl groups excluding tert-OH is 1. The first-order valence-corrected chi connectivity index (χ1v) is 9.86. The number of rotatable bonds is 7. The van der Waals surface area contributed by atoms with Crippen molar-refractivity contribution in [2.75, 3.05) is 7.11 Å². The van der Waals surface area contributed by atoms with E-state index in [1.165, 1.54) is 7.11 Å². The van der Waals surface area contributed by atoms with Crippen molar-refractivity contribution in [3.63, 3.8) is 0 Å². The number of carbonyl (C=O) groups is 2. The van der Waals surface area contributed by atoms with E-state index in [1.807, 2.05) is 62.4 Å². The summed E-state index contributed by atoms with van der Waals surface area (Å²) in [6.07, 6.45) is -0.558. The summed E-state index contributed by atoms with van der Waals surface area (Å²) in [5, 5.41) is 17.0. The van der Waals surface area contributed by atoms with E-state index in [2.05, 4.69) is 11.4 Å². The first-order chi connectivity index (χ1) is 13.9. The van der Waals surface area contributed by atoms with Crippen LogP contribution in [0.3, 0.4) is 0 Å². The third-order valence-electron chi connectivity index (χ3n) is 5.09. The smallest absolute Gasteiger partial charge is 0.328 e. The maximum absolute atomic E-state index is 12.5. The molecule has 3 aromatic rings. The Morgan fingerprint density at radius 1 is 1.00 bits per heavy atom. The molecule has 1 amide bonds. The maximum Gasteiger partial charge on any atom is 0.328 e. The molecule has 0 aliphatic rings. The maximum atomic E-state index is 12.5. The number of aliphatic hydroxyl groups is 1. The van der Waals surface area contributed by atoms with Crippen molar-refractivity contribution in [2.45, 2.75) is 38.8 Å². The quantitative estimate of drug-likeness (QED) is 0.475. The number of carbonyl (C=O) groups excluding carboxylic acids is 2. The van der Waals surface area contributed by atoms with Crippen LogP contribution in [-0.2, 0) is 20.7 Å². The van der Waals surface area contributed by atoms with Crippen LogP contribution < -0.4 is 5.32 Å². The third-order valence-corrected chi connectivity index (χ3v) is 5.09. The highest BCUT2D eigenvalue weighted by Gasteiger charge is 2.27. The van der Waals surface area contributed by atoms with Crippen molar-refractivity contribution in [2.24, 2.45) is 5.92 Å². The van der Waals surface area contributed by atoms with Gasteiger partial charge in [-0.05, 0) is 45.5 Å². The topological polar surface area (TPSA) is 75.6 Å². The minimum Gasteiger partial charge on any atom is -0.467 e. The zero-order valence-corrected chi connectivity index (χ0v) is 17.0. The predicted octanol–water partition coefficient (Wildman–Crippen LogP) is 3.60. The summed E-state index contributed by atoms with van der Waals surface area (Å²) in [5.74, 6) is -0.930. The van der Waals surface area contributed by atoms with E-state index in [9.17, 15) is 14.7 Å². The van der Waals surface area contributed by atoms with Gasteiger partial charge in [-0.3, -0.25) is 4.79 Å². The number of amides is 1. The molecule has 0 aliphatic carbocycles. The second-order valence-electron chi connectivity index (χ2n) is 7.73. The van der Waals surface area contributed by atoms with Crippen LogP contribution in [0, 0.1) is 5.92 Å². The summed E-state index contributed by atoms with van der Waals surface area (Å²) in [6, 6.07) is 17.2. The molecule has 5 heteroatoms. The SMILES string of the molecule is COC(=O)[C@H](Cc1c2ccccc2cc2ccccc12)NC(=O)[C@@H](O)CC(C)C. The van der Waals surface area contributed by atoms with Crippen molar-refractivity contribution >= 4 is 33.4 Å². The highest BCUT2D eigenvalue weighted by atomic mass is 16.5. The van der Waals surface area contributed by atoms with Crippen molar-refractivity contribution in [3.8, 4) is 0 Å². The summed E-state index contributed by atoms with van der Waals surface area (Å²) in [7, 11) is 1.30. The standard InChI is InChI=1S/C24H27NO4/c1-15(2)12-22(26)23(27)25-21(24(28)29-3)14-20-18-10-6-4-8-16(18)13-17-9-5-7-11-19(17)20/h4-11,13,15,21-22,26H,12,14H2,1-3H3,(H,25,27)/t21-,22-/m0/s1. The summed E-state index contributed by atoms with van der Waals surface area (Å²) in [4.78, 5) is 24.9. The fourth-order valence-corrected chi connectivity index (χ4v) is 3.69. The van der Waals surface area contributed by atoms with Crippen LogP contribution in [0.1, 0.15) is 25.8 Å². The molecule has 0 unspecified atom stereocenters. The summed E-state index contributed by atoms with van der Waals surface area (Å²) in [6.45, 7) is 3.85. The molecule has 3 aromatic carbocycles. The van der Waals surface area contributed by atoms with Gasteiger partial charge in [0.05, 0.1) is 7.11 Å². The molecule has 0 radical (unpaired) electrons. The predicted molar refractivity (Wildman–Crippen MR) is 115 cm³/mol. The Morgan fingerprint density at radius 2 is 1.55 bits per heavy atom. The zero-order valence-electron chi connectivity index (χ0n) is 17.0. The second kappa shape index (κ2) is 9.05. The molecule has 3 rings (SSSR count). The summed E-state index contributed by atoms with van der Waals surface area (Å²) >= 11 is 0. The summed E-state index contributed by atoms with van der Waals surface area (Å²) < 4.78 is 4.94. The number of fused-ring (bicyclic) bond motifs is 2. The van der Waals surface area contributed by atoms with E-state index in [0.717, 1.165) is 27.1 Å². The van der Waals surface area contributed by atoms with Crippen molar-refractivity contribution in [1.29, 1.82) is 0 Å². The van der Waals surface area contributed by atoms with Crippen LogP contribution in [0.15, 0.2) is 54.6 Å². The van der Waals surface area contributed by atoms with Crippen LogP contribution in [0.5, 0.6) is 0 Å². The van der Waals surface area contributed by atoms with Gasteiger partial charge in [0.25, 0.3) is 0 Å². The molecular formula is C24H27NO4. The van der Waals surface area contributed by atoms with E-state index >= 15 is 0 Å². The van der Waals surface area contributed by atoms with Crippen molar-refractivity contribution in [1.82, 2.24) is 5.32 Å². The Morgan fingerprint density at radius 3 is 2.07 bits per heavy atom. The fraction of sp³-hybridized carbons (Fsp3) is 0.333. The van der Waals surface area contributed by atoms with Crippen LogP contribution >= 0.6 is 0 Å². The molecule has 152 valence electrons. The van der Waals surface area contributed by atoms with Gasteiger partial charge in [0.2, 0.25) is 5.91 Å². The Balaban J connectivity index is 2.00. The van der Waals surface area contributed by atoms with Gasteiger partial charge >= 0.3 is 5.97 Å². The Hall–Kier alpha value is -2.92. The Labute approximate surface area is 170 Å². The molecule has 0 aromatic heterocycles. The van der Waals surface area contributed by atoms with E-state index in [0.29, 0.717) is 6.42 Å². The molecule has 0 aliphatic heterocycles. The number of benzene rings is 3. The van der Waals surface area contributed by atoms with Crippen molar-refractivity contribution < 1.29 is 19.4 Å². The van der Waals surface area contributed by atoms with E-state index in [-0.39, 0.29) is 12.3 Å². The molecule has 2 atom stereocenters. The normalized spacial score (nSPS) is 13.4. The lowest BCUT2D eigenvalue weighted by Crippen LogP contribution is -2.47. The highest BCUT2D eigenvalue weighted by Crippen LogP contribution is 2.29. The average molecular weight is 393 g/mol. The van der Waals surface area contributed by atoms with Crippen molar-refractivity contribution in [3.05, 3.63) is 60.2 Å². The van der Waals surface area contributed by atoms with E-state index in [4.69, 9.17) is 4.74 Å². The third kappa shape index (κ3) is 4.74. The Bertz CT molecular complexity index is 974. The molecule has 5 nitrogen and oxygen atoms in total. The highest BCUT2D eigenvalue weighted by molar-refractivity contribution is 6.02. The number of esters is 1. The molecule has 0 saturated carbocycles. The Kier molecular flexibility index (Phi) is 6.49. The minimum absolute atomic E-state index is 0.161. The van der Waals surface area contributed by atoms with Gasteiger partial charge in [-0.25, -0.2) is 4.79 Å². The lowest BCUT2D eigenvalue weighted by atomic mass is 9.92. The number of nitrogens with one attached hydrogen (secondary N) is 1. The molecular weight excluding hydrogens is 366 g/mol. The average Bonchev–Trinajstić information content (AvgIpc) is 2.71. The van der Waals surface area contributed by atoms with Crippen LogP contribution in [-0.4, -0.2) is 36.2 Å². The van der Waals surface area contributed by atoms with Crippen LogP contribution in [0.2, 0.25) is 0 Å². The molecule has 0 heterocycles. The van der Waals surface area contributed by atoms with Gasteiger partial charge in [-0.15, -0.1) is 0 Å². The summed E-state index contributed by atoms with van der Waals surface area (Å²) in [5.41, 5.74) is 0.966. The fourth-order valence-electron chi connectivity index (χ4n) is 3.69. The van der Waals surface area contributed by atoms with Gasteiger partial charge in [0.1, 0.15) is 12.1 Å².